The highest BCUT2D eigenvalue weighted by atomic mass is 35.5. The Balaban J connectivity index is 1.63. The van der Waals surface area contributed by atoms with Crippen molar-refractivity contribution >= 4 is 40.0 Å². The SMILES string of the molecule is COc1cccc(N2CC(O)=C(c3nc(-c4ccc(Cl)cc4)cs3)C2=N)c1. The lowest BCUT2D eigenvalue weighted by Gasteiger charge is -2.19. The largest absolute Gasteiger partial charge is 0.510 e. The van der Waals surface area contributed by atoms with Gasteiger partial charge in [0, 0.05) is 27.7 Å². The number of ether oxygens (including phenoxy) is 1. The minimum absolute atomic E-state index is 0.139. The second kappa shape index (κ2) is 7.06. The lowest BCUT2D eigenvalue weighted by Crippen LogP contribution is -2.25. The fourth-order valence-electron chi connectivity index (χ4n) is 2.94. The molecule has 0 aliphatic carbocycles. The van der Waals surface area contributed by atoms with Crippen LogP contribution in [0, 0.1) is 5.41 Å². The van der Waals surface area contributed by atoms with Gasteiger partial charge >= 0.3 is 0 Å². The Kier molecular flexibility index (Phi) is 4.59. The fourth-order valence-corrected chi connectivity index (χ4v) is 3.97. The quantitative estimate of drug-likeness (QED) is 0.631. The van der Waals surface area contributed by atoms with Crippen LogP contribution in [0.2, 0.25) is 5.02 Å². The molecule has 0 bridgehead atoms. The van der Waals surface area contributed by atoms with E-state index in [1.807, 2.05) is 53.9 Å². The Labute approximate surface area is 165 Å². The summed E-state index contributed by atoms with van der Waals surface area (Å²) in [6.45, 7) is 0.233. The number of nitrogens with zero attached hydrogens (tertiary/aromatic N) is 2. The molecule has 1 aliphatic heterocycles. The Morgan fingerprint density at radius 3 is 2.74 bits per heavy atom. The molecule has 2 N–H and O–H groups in total. The minimum atomic E-state index is 0.139. The van der Waals surface area contributed by atoms with Crippen molar-refractivity contribution < 1.29 is 9.84 Å². The molecule has 4 rings (SSSR count). The van der Waals surface area contributed by atoms with E-state index in [0.29, 0.717) is 21.4 Å². The molecule has 0 radical (unpaired) electrons. The van der Waals surface area contributed by atoms with Crippen molar-refractivity contribution in [1.82, 2.24) is 4.98 Å². The first-order valence-electron chi connectivity index (χ1n) is 8.21. The highest BCUT2D eigenvalue weighted by Gasteiger charge is 2.31. The summed E-state index contributed by atoms with van der Waals surface area (Å²) in [5.41, 5.74) is 2.98. The Hall–Kier alpha value is -2.83. The van der Waals surface area contributed by atoms with Gasteiger partial charge in [0.2, 0.25) is 0 Å². The summed E-state index contributed by atoms with van der Waals surface area (Å²) < 4.78 is 5.26. The summed E-state index contributed by atoms with van der Waals surface area (Å²) in [7, 11) is 1.60. The summed E-state index contributed by atoms with van der Waals surface area (Å²) in [6.07, 6.45) is 0. The van der Waals surface area contributed by atoms with Crippen molar-refractivity contribution in [3.8, 4) is 17.0 Å². The van der Waals surface area contributed by atoms with Crippen LogP contribution in [0.1, 0.15) is 5.01 Å². The maximum absolute atomic E-state index is 10.5. The molecule has 0 spiro atoms. The molecule has 0 atom stereocenters. The molecule has 3 aromatic rings. The number of halogens is 1. The third-order valence-electron chi connectivity index (χ3n) is 4.33. The molecule has 5 nitrogen and oxygen atoms in total. The van der Waals surface area contributed by atoms with Crippen molar-refractivity contribution in [3.63, 3.8) is 0 Å². The van der Waals surface area contributed by atoms with Gasteiger partial charge in [-0.2, -0.15) is 0 Å². The van der Waals surface area contributed by atoms with Gasteiger partial charge in [0.25, 0.3) is 0 Å². The maximum Gasteiger partial charge on any atom is 0.139 e. The third-order valence-corrected chi connectivity index (χ3v) is 5.44. The topological polar surface area (TPSA) is 69.4 Å². The molecule has 2 heterocycles. The highest BCUT2D eigenvalue weighted by Crippen LogP contribution is 2.35. The number of aromatic nitrogens is 1. The van der Waals surface area contributed by atoms with Crippen LogP contribution in [0.5, 0.6) is 5.75 Å². The minimum Gasteiger partial charge on any atom is -0.510 e. The average molecular weight is 398 g/mol. The number of anilines is 1. The second-order valence-corrected chi connectivity index (χ2v) is 7.30. The fraction of sp³-hybridized carbons (Fsp3) is 0.100. The molecule has 7 heteroatoms. The summed E-state index contributed by atoms with van der Waals surface area (Å²) in [6, 6.07) is 14.9. The van der Waals surface area contributed by atoms with Crippen molar-refractivity contribution in [2.24, 2.45) is 0 Å². The lowest BCUT2D eigenvalue weighted by molar-refractivity contribution is 0.410. The number of benzene rings is 2. The van der Waals surface area contributed by atoms with Gasteiger partial charge in [0.05, 0.1) is 24.9 Å². The zero-order valence-electron chi connectivity index (χ0n) is 14.4. The first-order chi connectivity index (χ1) is 13.1. The molecule has 0 unspecified atom stereocenters. The second-order valence-electron chi connectivity index (χ2n) is 6.00. The van der Waals surface area contributed by atoms with E-state index < -0.39 is 0 Å². The van der Waals surface area contributed by atoms with E-state index in [0.717, 1.165) is 16.9 Å². The number of nitrogens with one attached hydrogen (secondary N) is 1. The zero-order chi connectivity index (χ0) is 19.0. The van der Waals surface area contributed by atoms with Crippen LogP contribution in [-0.2, 0) is 0 Å². The van der Waals surface area contributed by atoms with E-state index in [9.17, 15) is 5.11 Å². The standard InChI is InChI=1S/C20H16ClN3O2S/c1-26-15-4-2-3-14(9-15)24-10-17(25)18(19(24)22)20-23-16(11-27-20)12-5-7-13(21)8-6-12/h2-9,11,22,25H,10H2,1H3. The predicted octanol–water partition coefficient (Wildman–Crippen LogP) is 5.24. The maximum atomic E-state index is 10.5. The van der Waals surface area contributed by atoms with Gasteiger partial charge in [-0.25, -0.2) is 4.98 Å². The van der Waals surface area contributed by atoms with E-state index in [2.05, 4.69) is 4.98 Å². The highest BCUT2D eigenvalue weighted by molar-refractivity contribution is 7.11. The van der Waals surface area contributed by atoms with Gasteiger partial charge in [-0.05, 0) is 24.3 Å². The van der Waals surface area contributed by atoms with Crippen LogP contribution >= 0.6 is 22.9 Å². The van der Waals surface area contributed by atoms with E-state index in [1.54, 1.807) is 12.0 Å². The molecule has 2 aromatic carbocycles. The Morgan fingerprint density at radius 2 is 2.00 bits per heavy atom. The van der Waals surface area contributed by atoms with E-state index >= 15 is 0 Å². The molecule has 1 aromatic heterocycles. The van der Waals surface area contributed by atoms with Gasteiger partial charge in [-0.3, -0.25) is 5.41 Å². The first kappa shape index (κ1) is 17.6. The third kappa shape index (κ3) is 3.29. The molecule has 27 heavy (non-hydrogen) atoms. The predicted molar refractivity (Wildman–Crippen MR) is 110 cm³/mol. The Morgan fingerprint density at radius 1 is 1.22 bits per heavy atom. The normalized spacial score (nSPS) is 14.1. The van der Waals surface area contributed by atoms with Gasteiger partial charge in [0.15, 0.2) is 0 Å². The van der Waals surface area contributed by atoms with Crippen LogP contribution in [0.4, 0.5) is 5.69 Å². The van der Waals surface area contributed by atoms with Crippen molar-refractivity contribution in [2.45, 2.75) is 0 Å². The summed E-state index contributed by atoms with van der Waals surface area (Å²) in [5.74, 6) is 1.06. The van der Waals surface area contributed by atoms with Gasteiger partial charge in [-0.15, -0.1) is 11.3 Å². The van der Waals surface area contributed by atoms with Crippen molar-refractivity contribution in [3.05, 3.63) is 69.7 Å². The van der Waals surface area contributed by atoms with Crippen LogP contribution in [-0.4, -0.2) is 29.6 Å². The molecule has 0 amide bonds. The summed E-state index contributed by atoms with van der Waals surface area (Å²) in [5, 5.41) is 22.3. The van der Waals surface area contributed by atoms with Crippen LogP contribution < -0.4 is 9.64 Å². The molecule has 0 saturated heterocycles. The van der Waals surface area contributed by atoms with Crippen LogP contribution in [0.25, 0.3) is 16.8 Å². The van der Waals surface area contributed by atoms with E-state index in [4.69, 9.17) is 21.7 Å². The number of rotatable bonds is 4. The monoisotopic (exact) mass is 397 g/mol. The van der Waals surface area contributed by atoms with E-state index in [-0.39, 0.29) is 18.1 Å². The number of methoxy groups -OCH3 is 1. The first-order valence-corrected chi connectivity index (χ1v) is 9.47. The Bertz CT molecular complexity index is 1040. The number of aliphatic hydroxyl groups is 1. The van der Waals surface area contributed by atoms with Crippen molar-refractivity contribution in [2.75, 3.05) is 18.6 Å². The van der Waals surface area contributed by atoms with Crippen LogP contribution in [0.15, 0.2) is 59.7 Å². The lowest BCUT2D eigenvalue weighted by atomic mass is 10.2. The van der Waals surface area contributed by atoms with Crippen molar-refractivity contribution in [1.29, 1.82) is 5.41 Å². The number of hydrogen-bond acceptors (Lipinski definition) is 5. The van der Waals surface area contributed by atoms with Crippen LogP contribution in [0.3, 0.4) is 0 Å². The van der Waals surface area contributed by atoms with Gasteiger partial charge in [-0.1, -0.05) is 29.8 Å². The number of aliphatic hydroxyl groups excluding tert-OH is 1. The number of hydrogen-bond donors (Lipinski definition) is 2. The number of amidine groups is 1. The molecule has 1 aliphatic rings. The molecular weight excluding hydrogens is 382 g/mol. The number of thiazole rings is 1. The van der Waals surface area contributed by atoms with Gasteiger partial charge < -0.3 is 14.7 Å². The summed E-state index contributed by atoms with van der Waals surface area (Å²) in [4.78, 5) is 6.35. The molecule has 0 saturated carbocycles. The molecule has 136 valence electrons. The summed E-state index contributed by atoms with van der Waals surface area (Å²) >= 11 is 7.35. The van der Waals surface area contributed by atoms with Gasteiger partial charge in [0.1, 0.15) is 22.4 Å². The average Bonchev–Trinajstić information content (AvgIpc) is 3.27. The molecular formula is C20H16ClN3O2S. The molecule has 0 fully saturated rings. The smallest absolute Gasteiger partial charge is 0.139 e. The zero-order valence-corrected chi connectivity index (χ0v) is 16.0. The van der Waals surface area contributed by atoms with E-state index in [1.165, 1.54) is 11.3 Å².